The van der Waals surface area contributed by atoms with Crippen molar-refractivity contribution in [3.8, 4) is 0 Å². The van der Waals surface area contributed by atoms with E-state index in [2.05, 4.69) is 51.7 Å². The minimum absolute atomic E-state index is 0.192. The molecule has 0 amide bonds. The summed E-state index contributed by atoms with van der Waals surface area (Å²) in [5, 5.41) is 15.7. The van der Waals surface area contributed by atoms with Crippen molar-refractivity contribution in [1.82, 2.24) is 0 Å². The van der Waals surface area contributed by atoms with Crippen molar-refractivity contribution in [2.24, 2.45) is 0 Å². The molecule has 0 heterocycles. The number of carbonyl (C=O) groups excluding carboxylic acids is 1. The molecule has 2 unspecified atom stereocenters. The van der Waals surface area contributed by atoms with Gasteiger partial charge in [0.25, 0.3) is 0 Å². The standard InChI is InChI=1S/C14H28O2S.C8H17.2C2H6OS.Sn/c1-2-3-4-5-6-7-8-9-10-11-12-16-14(15)13-17;1-3-5-7-8-6-4-2;2*1-2(3)4;/h17H,2-13H2,1H3;1,3-8H2,2H3;2*2-4H,1H3;/q;;;;+2/p-2. The predicted octanol–water partition coefficient (Wildman–Crippen LogP) is 7.06. The third-order valence-electron chi connectivity index (χ3n) is 4.42. The zero-order valence-electron chi connectivity index (χ0n) is 22.6. The van der Waals surface area contributed by atoms with Crippen molar-refractivity contribution < 1.29 is 19.7 Å². The Balaban J connectivity index is -0.000000219. The molecule has 0 spiro atoms. The van der Waals surface area contributed by atoms with Crippen LogP contribution in [-0.4, -0.2) is 61.9 Å². The van der Waals surface area contributed by atoms with Crippen LogP contribution in [0.3, 0.4) is 0 Å². The van der Waals surface area contributed by atoms with Crippen LogP contribution < -0.4 is 0 Å². The number of aliphatic hydroxyl groups is 2. The van der Waals surface area contributed by atoms with Crippen LogP contribution in [-0.2, 0) is 34.8 Å². The zero-order chi connectivity index (χ0) is 26.9. The topological polar surface area (TPSA) is 66.8 Å². The normalized spacial score (nSPS) is 11.5. The second-order valence-electron chi connectivity index (χ2n) is 8.28. The fourth-order valence-corrected chi connectivity index (χ4v) is 3.53. The van der Waals surface area contributed by atoms with E-state index in [0.29, 0.717) is 6.61 Å². The van der Waals surface area contributed by atoms with E-state index in [1.807, 2.05) is 0 Å². The number of ether oxygens (including phenoxy) is 1. The van der Waals surface area contributed by atoms with Crippen LogP contribution >= 0.6 is 12.6 Å². The van der Waals surface area contributed by atoms with E-state index in [9.17, 15) is 4.79 Å². The molecule has 2 N–H and O–H groups in total. The summed E-state index contributed by atoms with van der Waals surface area (Å²) in [6.45, 7) is 8.16. The van der Waals surface area contributed by atoms with Gasteiger partial charge in [0.2, 0.25) is 0 Å². The molecule has 34 heavy (non-hydrogen) atoms. The molecule has 1 radical (unpaired) electrons. The van der Waals surface area contributed by atoms with E-state index in [4.69, 9.17) is 14.9 Å². The van der Waals surface area contributed by atoms with Crippen molar-refractivity contribution in [3.05, 3.63) is 0 Å². The summed E-state index contributed by atoms with van der Waals surface area (Å²) in [5.74, 6) is -0.0122. The van der Waals surface area contributed by atoms with Gasteiger partial charge < -0.3 is 40.2 Å². The first-order valence-electron chi connectivity index (χ1n) is 13.3. The number of unbranched alkanes of at least 4 members (excludes halogenated alkanes) is 14. The van der Waals surface area contributed by atoms with Gasteiger partial charge in [-0.05, 0) is 6.42 Å². The fourth-order valence-electron chi connectivity index (χ4n) is 2.73. The molecule has 0 aromatic carbocycles. The van der Waals surface area contributed by atoms with Gasteiger partial charge in [0.05, 0.1) is 12.4 Å². The Kier molecular flexibility index (Phi) is 51.5. The summed E-state index contributed by atoms with van der Waals surface area (Å²) in [5.41, 5.74) is -1.17. The number of hydrogen-bond donors (Lipinski definition) is 3. The molecule has 0 aliphatic carbocycles. The van der Waals surface area contributed by atoms with Crippen LogP contribution in [0.4, 0.5) is 0 Å². The Labute approximate surface area is 242 Å². The minimum atomic E-state index is -0.583. The first kappa shape index (κ1) is 42.3. The van der Waals surface area contributed by atoms with Crippen molar-refractivity contribution in [3.63, 3.8) is 0 Å². The Hall–Kier alpha value is 1.24. The van der Waals surface area contributed by atoms with Gasteiger partial charge in [0.1, 0.15) is 0 Å². The van der Waals surface area contributed by atoms with Crippen LogP contribution in [0.2, 0.25) is 4.44 Å². The summed E-state index contributed by atoms with van der Waals surface area (Å²) in [6, 6.07) is 0. The summed E-state index contributed by atoms with van der Waals surface area (Å²) < 4.78 is 6.41. The molecule has 0 saturated heterocycles. The molecule has 2 atom stereocenters. The van der Waals surface area contributed by atoms with Crippen molar-refractivity contribution in [2.45, 2.75) is 146 Å². The van der Waals surface area contributed by atoms with Gasteiger partial charge in [0.15, 0.2) is 0 Å². The van der Waals surface area contributed by atoms with Gasteiger partial charge in [0, 0.05) is 0 Å². The van der Waals surface area contributed by atoms with Crippen molar-refractivity contribution in [1.29, 1.82) is 0 Å². The van der Waals surface area contributed by atoms with Gasteiger partial charge in [-0.25, -0.2) is 0 Å². The third-order valence-corrected chi connectivity index (χ3v) is 5.69. The maximum absolute atomic E-state index is 10.8. The number of hydrogen-bond acceptors (Lipinski definition) is 7. The van der Waals surface area contributed by atoms with Gasteiger partial charge >= 0.3 is 78.4 Å². The number of thiol groups is 1. The molecule has 8 heteroatoms. The van der Waals surface area contributed by atoms with Crippen LogP contribution in [0.5, 0.6) is 0 Å². The molecule has 0 rings (SSSR count). The first-order valence-corrected chi connectivity index (χ1v) is 16.9. The summed E-state index contributed by atoms with van der Waals surface area (Å²) >= 11 is 13.9. The Bertz CT molecular complexity index is 332. The molecule has 0 aromatic heterocycles. The van der Waals surface area contributed by atoms with E-state index in [0.717, 1.165) is 6.42 Å². The van der Waals surface area contributed by atoms with Gasteiger partial charge in [-0.1, -0.05) is 89.4 Å². The fraction of sp³-hybridized carbons (Fsp3) is 0.962. The van der Waals surface area contributed by atoms with Crippen molar-refractivity contribution in [2.75, 3.05) is 12.4 Å². The molecule has 205 valence electrons. The molecular weight excluding hydrogens is 591 g/mol. The zero-order valence-corrected chi connectivity index (χ0v) is 27.9. The van der Waals surface area contributed by atoms with Gasteiger partial charge in [-0.2, -0.15) is 12.6 Å². The summed E-state index contributed by atoms with van der Waals surface area (Å²) in [4.78, 5) is 10.8. The van der Waals surface area contributed by atoms with Crippen LogP contribution in [0, 0.1) is 0 Å². The third kappa shape index (κ3) is 69.9. The molecule has 0 fully saturated rings. The Morgan fingerprint density at radius 3 is 1.32 bits per heavy atom. The average molecular weight is 647 g/mol. The number of aliphatic hydroxyl groups excluding tert-OH is 2. The molecular formula is C26H55O4S3Sn. The Morgan fingerprint density at radius 2 is 1.03 bits per heavy atom. The Morgan fingerprint density at radius 1 is 0.735 bits per heavy atom. The second-order valence-corrected chi connectivity index (χ2v) is 11.4. The molecule has 0 aliphatic heterocycles. The molecule has 4 nitrogen and oxygen atoms in total. The first-order chi connectivity index (χ1) is 16.2. The molecule has 0 aliphatic rings. The predicted molar refractivity (Wildman–Crippen MR) is 159 cm³/mol. The maximum atomic E-state index is 10.8. The van der Waals surface area contributed by atoms with E-state index in [1.54, 1.807) is 22.5 Å². The van der Waals surface area contributed by atoms with E-state index in [1.165, 1.54) is 115 Å². The SMILES string of the molecule is CC(O)[S-].CC(O)[S-].CCCCCCCCCCCCOC(=O)CS.CCCCCCC[CH2][Sn+2]. The quantitative estimate of drug-likeness (QED) is 0.0488. The van der Waals surface area contributed by atoms with Crippen molar-refractivity contribution >= 4 is 66.4 Å². The number of carbonyl (C=O) groups is 1. The van der Waals surface area contributed by atoms with E-state index in [-0.39, 0.29) is 11.7 Å². The van der Waals surface area contributed by atoms with Crippen LogP contribution in [0.15, 0.2) is 0 Å². The van der Waals surface area contributed by atoms with E-state index < -0.39 is 10.9 Å². The second kappa shape index (κ2) is 41.4. The van der Waals surface area contributed by atoms with E-state index >= 15 is 0 Å². The molecule has 0 aromatic rings. The average Bonchev–Trinajstić information content (AvgIpc) is 2.77. The summed E-state index contributed by atoms with van der Waals surface area (Å²) in [7, 11) is 0. The number of rotatable bonds is 18. The van der Waals surface area contributed by atoms with Gasteiger partial charge in [-0.15, -0.1) is 0 Å². The molecule has 0 saturated carbocycles. The van der Waals surface area contributed by atoms with Gasteiger partial charge in [-0.3, -0.25) is 4.79 Å². The summed E-state index contributed by atoms with van der Waals surface area (Å²) in [6.07, 6.45) is 21.7. The number of esters is 1. The van der Waals surface area contributed by atoms with Crippen LogP contribution in [0.1, 0.15) is 130 Å². The monoisotopic (exact) mass is 647 g/mol. The van der Waals surface area contributed by atoms with Crippen LogP contribution in [0.25, 0.3) is 0 Å². The molecule has 0 bridgehead atoms.